The Morgan fingerprint density at radius 1 is 1.27 bits per heavy atom. The first-order valence-corrected chi connectivity index (χ1v) is 6.68. The van der Waals surface area contributed by atoms with E-state index in [1.165, 1.54) is 30.6 Å². The summed E-state index contributed by atoms with van der Waals surface area (Å²) in [5.74, 6) is 0. The van der Waals surface area contributed by atoms with Gasteiger partial charge in [-0.3, -0.25) is 0 Å². The quantitative estimate of drug-likeness (QED) is 0.734. The molecule has 0 bridgehead atoms. The topological polar surface area (TPSA) is 3.24 Å². The second kappa shape index (κ2) is 4.17. The number of halogens is 1. The first-order valence-electron chi connectivity index (χ1n) is 5.56. The van der Waals surface area contributed by atoms with E-state index in [-0.39, 0.29) is 0 Å². The van der Waals surface area contributed by atoms with E-state index in [0.29, 0.717) is 5.54 Å². The predicted octanol–water partition coefficient (Wildman–Crippen LogP) is 3.96. The smallest absolute Gasteiger partial charge is 0.0370 e. The maximum atomic E-state index is 3.47. The molecule has 0 saturated carbocycles. The average molecular weight is 268 g/mol. The highest BCUT2D eigenvalue weighted by molar-refractivity contribution is 9.08. The Kier molecular flexibility index (Phi) is 3.06. The summed E-state index contributed by atoms with van der Waals surface area (Å²) < 4.78 is 0. The first kappa shape index (κ1) is 11.0. The molecule has 15 heavy (non-hydrogen) atoms. The minimum absolute atomic E-state index is 0.329. The molecule has 0 amide bonds. The third-order valence-corrected chi connectivity index (χ3v) is 3.95. The fourth-order valence-corrected chi connectivity index (χ4v) is 2.72. The van der Waals surface area contributed by atoms with Crippen LogP contribution < -0.4 is 4.90 Å². The Bertz CT molecular complexity index is 329. The highest BCUT2D eigenvalue weighted by Gasteiger charge is 2.31. The van der Waals surface area contributed by atoms with E-state index in [1.54, 1.807) is 0 Å². The van der Waals surface area contributed by atoms with Crippen molar-refractivity contribution in [2.75, 3.05) is 11.4 Å². The third kappa shape index (κ3) is 2.20. The largest absolute Gasteiger partial charge is 0.366 e. The van der Waals surface area contributed by atoms with Gasteiger partial charge in [-0.2, -0.15) is 0 Å². The third-order valence-electron chi connectivity index (χ3n) is 3.30. The van der Waals surface area contributed by atoms with Gasteiger partial charge in [0.2, 0.25) is 0 Å². The summed E-state index contributed by atoms with van der Waals surface area (Å²) in [4.78, 5) is 2.52. The molecule has 1 heterocycles. The van der Waals surface area contributed by atoms with Crippen LogP contribution in [0.4, 0.5) is 5.69 Å². The lowest BCUT2D eigenvalue weighted by molar-refractivity contribution is 0.518. The minimum atomic E-state index is 0.329. The van der Waals surface area contributed by atoms with Gasteiger partial charge in [0.05, 0.1) is 0 Å². The maximum Gasteiger partial charge on any atom is 0.0370 e. The number of hydrogen-bond donors (Lipinski definition) is 0. The van der Waals surface area contributed by atoms with E-state index in [0.717, 1.165) is 5.33 Å². The van der Waals surface area contributed by atoms with Crippen molar-refractivity contribution in [3.05, 3.63) is 29.8 Å². The minimum Gasteiger partial charge on any atom is -0.366 e. The van der Waals surface area contributed by atoms with Crippen molar-refractivity contribution < 1.29 is 0 Å². The van der Waals surface area contributed by atoms with Gasteiger partial charge in [0.15, 0.2) is 0 Å². The summed E-state index contributed by atoms with van der Waals surface area (Å²) in [5.41, 5.74) is 3.04. The molecular weight excluding hydrogens is 250 g/mol. The monoisotopic (exact) mass is 267 g/mol. The Labute approximate surface area is 101 Å². The molecule has 0 spiro atoms. The predicted molar refractivity (Wildman–Crippen MR) is 69.7 cm³/mol. The van der Waals surface area contributed by atoms with Crippen molar-refractivity contribution in [3.8, 4) is 0 Å². The van der Waals surface area contributed by atoms with Crippen LogP contribution in [0.1, 0.15) is 32.3 Å². The summed E-state index contributed by atoms with van der Waals surface area (Å²) in [5, 5.41) is 0.941. The number of nitrogens with zero attached hydrogens (tertiary/aromatic N) is 1. The zero-order chi connectivity index (χ0) is 10.9. The Hall–Kier alpha value is -0.500. The SMILES string of the molecule is CC1(C)CCCN1c1ccc(CBr)cc1. The van der Waals surface area contributed by atoms with Crippen molar-refractivity contribution in [2.45, 2.75) is 37.6 Å². The van der Waals surface area contributed by atoms with Gasteiger partial charge in [-0.15, -0.1) is 0 Å². The van der Waals surface area contributed by atoms with Crippen LogP contribution in [0.3, 0.4) is 0 Å². The molecule has 0 aliphatic carbocycles. The van der Waals surface area contributed by atoms with E-state index in [9.17, 15) is 0 Å². The van der Waals surface area contributed by atoms with Crippen LogP contribution >= 0.6 is 15.9 Å². The summed E-state index contributed by atoms with van der Waals surface area (Å²) in [7, 11) is 0. The van der Waals surface area contributed by atoms with Crippen molar-refractivity contribution >= 4 is 21.6 Å². The molecule has 1 aromatic carbocycles. The summed E-state index contributed by atoms with van der Waals surface area (Å²) in [6.45, 7) is 5.86. The van der Waals surface area contributed by atoms with Crippen molar-refractivity contribution in [1.82, 2.24) is 0 Å². The zero-order valence-electron chi connectivity index (χ0n) is 9.46. The van der Waals surface area contributed by atoms with Gasteiger partial charge in [-0.25, -0.2) is 0 Å². The molecule has 82 valence electrons. The van der Waals surface area contributed by atoms with E-state index < -0.39 is 0 Å². The molecule has 2 rings (SSSR count). The lowest BCUT2D eigenvalue weighted by atomic mass is 10.0. The van der Waals surface area contributed by atoms with Crippen LogP contribution in [0.15, 0.2) is 24.3 Å². The normalized spacial score (nSPS) is 19.5. The number of anilines is 1. The van der Waals surface area contributed by atoms with Gasteiger partial charge in [-0.1, -0.05) is 28.1 Å². The summed E-state index contributed by atoms with van der Waals surface area (Å²) in [6.07, 6.45) is 2.61. The van der Waals surface area contributed by atoms with Crippen LogP contribution in [-0.2, 0) is 5.33 Å². The molecule has 0 aromatic heterocycles. The van der Waals surface area contributed by atoms with E-state index >= 15 is 0 Å². The molecular formula is C13H18BrN. The van der Waals surface area contributed by atoms with Crippen molar-refractivity contribution in [1.29, 1.82) is 0 Å². The number of benzene rings is 1. The molecule has 1 saturated heterocycles. The van der Waals surface area contributed by atoms with Gasteiger partial charge < -0.3 is 4.90 Å². The van der Waals surface area contributed by atoms with Crippen molar-refractivity contribution in [3.63, 3.8) is 0 Å². The molecule has 1 aliphatic heterocycles. The maximum absolute atomic E-state index is 3.47. The molecule has 0 unspecified atom stereocenters. The molecule has 0 radical (unpaired) electrons. The highest BCUT2D eigenvalue weighted by atomic mass is 79.9. The van der Waals surface area contributed by atoms with Crippen LogP contribution in [0, 0.1) is 0 Å². The van der Waals surface area contributed by atoms with E-state index in [2.05, 4.69) is 58.9 Å². The van der Waals surface area contributed by atoms with Crippen LogP contribution in [-0.4, -0.2) is 12.1 Å². The molecule has 1 aliphatic rings. The molecule has 0 atom stereocenters. The average Bonchev–Trinajstić information content (AvgIpc) is 2.58. The number of alkyl halides is 1. The molecule has 0 N–H and O–H groups in total. The summed E-state index contributed by atoms with van der Waals surface area (Å²) >= 11 is 3.47. The molecule has 1 nitrogen and oxygen atoms in total. The lowest BCUT2D eigenvalue weighted by Crippen LogP contribution is -2.38. The van der Waals surface area contributed by atoms with E-state index in [1.807, 2.05) is 0 Å². The van der Waals surface area contributed by atoms with Gasteiger partial charge >= 0.3 is 0 Å². The Balaban J connectivity index is 2.22. The zero-order valence-corrected chi connectivity index (χ0v) is 11.0. The second-order valence-electron chi connectivity index (χ2n) is 4.87. The van der Waals surface area contributed by atoms with E-state index in [4.69, 9.17) is 0 Å². The Morgan fingerprint density at radius 3 is 2.40 bits per heavy atom. The van der Waals surface area contributed by atoms with Gasteiger partial charge in [-0.05, 0) is 44.4 Å². The molecule has 2 heteroatoms. The summed E-state index contributed by atoms with van der Waals surface area (Å²) in [6, 6.07) is 8.89. The van der Waals surface area contributed by atoms with Gasteiger partial charge in [0.25, 0.3) is 0 Å². The number of hydrogen-bond acceptors (Lipinski definition) is 1. The fraction of sp³-hybridized carbons (Fsp3) is 0.538. The van der Waals surface area contributed by atoms with Gasteiger partial charge in [0.1, 0.15) is 0 Å². The number of rotatable bonds is 2. The van der Waals surface area contributed by atoms with Crippen LogP contribution in [0.2, 0.25) is 0 Å². The second-order valence-corrected chi connectivity index (χ2v) is 5.43. The Morgan fingerprint density at radius 2 is 1.93 bits per heavy atom. The van der Waals surface area contributed by atoms with Crippen LogP contribution in [0.25, 0.3) is 0 Å². The first-order chi connectivity index (χ1) is 7.13. The standard InChI is InChI=1S/C13H18BrN/c1-13(2)8-3-9-15(13)12-6-4-11(10-14)5-7-12/h4-7H,3,8-10H2,1-2H3. The highest BCUT2D eigenvalue weighted by Crippen LogP contribution is 2.33. The molecule has 1 fully saturated rings. The lowest BCUT2D eigenvalue weighted by Gasteiger charge is -2.33. The fourth-order valence-electron chi connectivity index (χ4n) is 2.35. The molecule has 1 aromatic rings. The van der Waals surface area contributed by atoms with Gasteiger partial charge in [0, 0.05) is 23.1 Å². The van der Waals surface area contributed by atoms with Crippen molar-refractivity contribution in [2.24, 2.45) is 0 Å². The van der Waals surface area contributed by atoms with Crippen LogP contribution in [0.5, 0.6) is 0 Å².